The predicted octanol–water partition coefficient (Wildman–Crippen LogP) is 3.10. The molecule has 0 spiro atoms. The maximum absolute atomic E-state index is 13.7. The molecule has 2 aliphatic rings. The van der Waals surface area contributed by atoms with E-state index in [-0.39, 0.29) is 5.82 Å². The number of methoxy groups -OCH3 is 1. The lowest BCUT2D eigenvalue weighted by molar-refractivity contribution is 0.166. The van der Waals surface area contributed by atoms with Crippen LogP contribution < -0.4 is 5.32 Å². The highest BCUT2D eigenvalue weighted by atomic mass is 79.9. The Kier molecular flexibility index (Phi) is 7.11. The molecule has 0 aromatic heterocycles. The third-order valence-electron chi connectivity index (χ3n) is 5.69. The summed E-state index contributed by atoms with van der Waals surface area (Å²) in [6, 6.07) is 5.38. The SMILES string of the molecule is CN=C(NCC1(CCOC)CC1)N1CCN(Cc2ccc(Br)c(F)c2)CC1. The highest BCUT2D eigenvalue weighted by molar-refractivity contribution is 9.10. The van der Waals surface area contributed by atoms with Gasteiger partial charge in [0, 0.05) is 60.0 Å². The lowest BCUT2D eigenvalue weighted by atomic mass is 10.0. The van der Waals surface area contributed by atoms with Crippen molar-refractivity contribution in [1.29, 1.82) is 0 Å². The van der Waals surface area contributed by atoms with Crippen molar-refractivity contribution in [3.63, 3.8) is 0 Å². The van der Waals surface area contributed by atoms with Crippen LogP contribution in [0.15, 0.2) is 27.7 Å². The van der Waals surface area contributed by atoms with E-state index in [1.807, 2.05) is 13.1 Å². The van der Waals surface area contributed by atoms with Gasteiger partial charge in [0.1, 0.15) is 5.82 Å². The van der Waals surface area contributed by atoms with Gasteiger partial charge in [0.25, 0.3) is 0 Å². The first-order valence-corrected chi connectivity index (χ1v) is 10.5. The monoisotopic (exact) mass is 440 g/mol. The van der Waals surface area contributed by atoms with Crippen molar-refractivity contribution < 1.29 is 9.13 Å². The van der Waals surface area contributed by atoms with E-state index in [1.165, 1.54) is 12.8 Å². The Labute approximate surface area is 170 Å². The molecular formula is C20H30BrFN4O. The summed E-state index contributed by atoms with van der Waals surface area (Å²) >= 11 is 3.21. The Bertz CT molecular complexity index is 657. The molecule has 1 saturated heterocycles. The molecule has 27 heavy (non-hydrogen) atoms. The minimum Gasteiger partial charge on any atom is -0.385 e. The first-order chi connectivity index (χ1) is 13.0. The zero-order chi connectivity index (χ0) is 19.3. The molecule has 1 aromatic carbocycles. The van der Waals surface area contributed by atoms with Crippen molar-refractivity contribution in [3.05, 3.63) is 34.1 Å². The maximum Gasteiger partial charge on any atom is 0.193 e. The largest absolute Gasteiger partial charge is 0.385 e. The molecule has 0 radical (unpaired) electrons. The average molecular weight is 441 g/mol. The minimum atomic E-state index is -0.196. The van der Waals surface area contributed by atoms with Crippen LogP contribution in [0.1, 0.15) is 24.8 Å². The van der Waals surface area contributed by atoms with Gasteiger partial charge >= 0.3 is 0 Å². The summed E-state index contributed by atoms with van der Waals surface area (Å²) in [6.07, 6.45) is 3.67. The van der Waals surface area contributed by atoms with Gasteiger partial charge in [-0.2, -0.15) is 0 Å². The number of guanidine groups is 1. The average Bonchev–Trinajstić information content (AvgIpc) is 3.45. The predicted molar refractivity (Wildman–Crippen MR) is 110 cm³/mol. The number of hydrogen-bond donors (Lipinski definition) is 1. The van der Waals surface area contributed by atoms with Crippen molar-refractivity contribution in [2.24, 2.45) is 10.4 Å². The molecule has 3 rings (SSSR count). The van der Waals surface area contributed by atoms with Gasteiger partial charge < -0.3 is 15.0 Å². The number of nitrogens with zero attached hydrogens (tertiary/aromatic N) is 3. The zero-order valence-electron chi connectivity index (χ0n) is 16.3. The van der Waals surface area contributed by atoms with Crippen LogP contribution in [-0.2, 0) is 11.3 Å². The fourth-order valence-corrected chi connectivity index (χ4v) is 3.87. The molecule has 0 bridgehead atoms. The molecule has 0 atom stereocenters. The van der Waals surface area contributed by atoms with Gasteiger partial charge in [-0.25, -0.2) is 4.39 Å². The fourth-order valence-electron chi connectivity index (χ4n) is 3.62. The number of nitrogens with one attached hydrogen (secondary N) is 1. The highest BCUT2D eigenvalue weighted by Crippen LogP contribution is 2.48. The quantitative estimate of drug-likeness (QED) is 0.522. The minimum absolute atomic E-state index is 0.196. The lowest BCUT2D eigenvalue weighted by Crippen LogP contribution is -2.52. The Morgan fingerprint density at radius 1 is 1.30 bits per heavy atom. The van der Waals surface area contributed by atoms with Crippen LogP contribution in [0.3, 0.4) is 0 Å². The van der Waals surface area contributed by atoms with Crippen LogP contribution in [0.5, 0.6) is 0 Å². The molecular weight excluding hydrogens is 411 g/mol. The molecule has 1 aliphatic carbocycles. The molecule has 1 aliphatic heterocycles. The van der Waals surface area contributed by atoms with E-state index in [0.717, 1.165) is 63.8 Å². The summed E-state index contributed by atoms with van der Waals surface area (Å²) in [5, 5.41) is 3.58. The fraction of sp³-hybridized carbons (Fsp3) is 0.650. The van der Waals surface area contributed by atoms with Crippen molar-refractivity contribution in [2.45, 2.75) is 25.8 Å². The summed E-state index contributed by atoms with van der Waals surface area (Å²) in [4.78, 5) is 9.17. The summed E-state index contributed by atoms with van der Waals surface area (Å²) in [7, 11) is 3.62. The van der Waals surface area contributed by atoms with Crippen LogP contribution in [0, 0.1) is 11.2 Å². The number of aliphatic imine (C=N–C) groups is 1. The number of rotatable bonds is 7. The maximum atomic E-state index is 13.7. The summed E-state index contributed by atoms with van der Waals surface area (Å²) in [5.41, 5.74) is 1.42. The Balaban J connectivity index is 1.45. The molecule has 7 heteroatoms. The van der Waals surface area contributed by atoms with Gasteiger partial charge in [-0.3, -0.25) is 9.89 Å². The highest BCUT2D eigenvalue weighted by Gasteiger charge is 2.42. The zero-order valence-corrected chi connectivity index (χ0v) is 17.9. The van der Waals surface area contributed by atoms with Crippen molar-refractivity contribution >= 4 is 21.9 Å². The molecule has 1 heterocycles. The lowest BCUT2D eigenvalue weighted by Gasteiger charge is -2.37. The molecule has 0 amide bonds. The second kappa shape index (κ2) is 9.34. The number of piperazine rings is 1. The normalized spacial score (nSPS) is 20.0. The van der Waals surface area contributed by atoms with E-state index < -0.39 is 0 Å². The van der Waals surface area contributed by atoms with Gasteiger partial charge in [-0.15, -0.1) is 0 Å². The molecule has 1 saturated carbocycles. The van der Waals surface area contributed by atoms with Crippen LogP contribution in [0.2, 0.25) is 0 Å². The van der Waals surface area contributed by atoms with E-state index in [9.17, 15) is 4.39 Å². The number of benzene rings is 1. The van der Waals surface area contributed by atoms with Crippen molar-refractivity contribution in [1.82, 2.24) is 15.1 Å². The number of ether oxygens (including phenoxy) is 1. The second-order valence-electron chi connectivity index (χ2n) is 7.66. The van der Waals surface area contributed by atoms with Crippen LogP contribution >= 0.6 is 15.9 Å². The van der Waals surface area contributed by atoms with Gasteiger partial charge in [0.05, 0.1) is 4.47 Å². The van der Waals surface area contributed by atoms with E-state index in [4.69, 9.17) is 4.74 Å². The molecule has 5 nitrogen and oxygen atoms in total. The summed E-state index contributed by atoms with van der Waals surface area (Å²) in [5.74, 6) is 0.797. The Hall–Kier alpha value is -1.18. The van der Waals surface area contributed by atoms with Crippen LogP contribution in [0.4, 0.5) is 4.39 Å². The van der Waals surface area contributed by atoms with Gasteiger partial charge in [0.2, 0.25) is 0 Å². The van der Waals surface area contributed by atoms with Gasteiger partial charge in [0.15, 0.2) is 5.96 Å². The van der Waals surface area contributed by atoms with E-state index in [0.29, 0.717) is 9.89 Å². The van der Waals surface area contributed by atoms with E-state index >= 15 is 0 Å². The third-order valence-corrected chi connectivity index (χ3v) is 6.33. The topological polar surface area (TPSA) is 40.1 Å². The molecule has 150 valence electrons. The molecule has 1 aromatic rings. The second-order valence-corrected chi connectivity index (χ2v) is 8.51. The summed E-state index contributed by atoms with van der Waals surface area (Å²) < 4.78 is 19.5. The van der Waals surface area contributed by atoms with E-state index in [1.54, 1.807) is 19.2 Å². The molecule has 0 unspecified atom stereocenters. The first-order valence-electron chi connectivity index (χ1n) is 9.66. The Morgan fingerprint density at radius 3 is 2.63 bits per heavy atom. The van der Waals surface area contributed by atoms with Gasteiger partial charge in [-0.1, -0.05) is 6.07 Å². The van der Waals surface area contributed by atoms with Crippen LogP contribution in [0.25, 0.3) is 0 Å². The number of halogens is 2. The van der Waals surface area contributed by atoms with Crippen molar-refractivity contribution in [2.75, 3.05) is 53.5 Å². The molecule has 1 N–H and O–H groups in total. The van der Waals surface area contributed by atoms with Crippen molar-refractivity contribution in [3.8, 4) is 0 Å². The standard InChI is InChI=1S/C20H30BrFN4O/c1-23-19(24-15-20(5-6-20)7-12-27-2)26-10-8-25(9-11-26)14-16-3-4-17(21)18(22)13-16/h3-4,13H,5-12,14-15H2,1-2H3,(H,23,24). The molecule has 2 fully saturated rings. The van der Waals surface area contributed by atoms with Gasteiger partial charge in [-0.05, 0) is 58.3 Å². The first kappa shape index (κ1) is 20.6. The Morgan fingerprint density at radius 2 is 2.04 bits per heavy atom. The van der Waals surface area contributed by atoms with E-state index in [2.05, 4.69) is 36.0 Å². The summed E-state index contributed by atoms with van der Waals surface area (Å²) in [6.45, 7) is 6.36. The number of hydrogen-bond acceptors (Lipinski definition) is 3. The smallest absolute Gasteiger partial charge is 0.193 e. The van der Waals surface area contributed by atoms with Crippen LogP contribution in [-0.4, -0.2) is 69.2 Å². The third kappa shape index (κ3) is 5.65.